The molecule has 0 saturated heterocycles. The Morgan fingerprint density at radius 1 is 1.37 bits per heavy atom. The quantitative estimate of drug-likeness (QED) is 0.449. The molecule has 1 saturated carbocycles. The average Bonchev–Trinajstić information content (AvgIpc) is 2.79. The molecule has 0 N–H and O–H groups in total. The molecule has 0 radical (unpaired) electrons. The maximum atomic E-state index is 11.5. The Balaban J connectivity index is 2.00. The van der Waals surface area contributed by atoms with Crippen LogP contribution in [0, 0.1) is 5.92 Å². The van der Waals surface area contributed by atoms with E-state index in [2.05, 4.69) is 19.1 Å². The second-order valence-electron chi connectivity index (χ2n) is 5.26. The Kier molecular flexibility index (Phi) is 8.76. The molecule has 0 aromatic rings. The molecular weight excluding hydrogens is 240 g/mol. The number of carbonyl (C=O) groups excluding carboxylic acids is 1. The zero-order valence-electron chi connectivity index (χ0n) is 12.4. The van der Waals surface area contributed by atoms with E-state index in [0.29, 0.717) is 19.0 Å². The van der Waals surface area contributed by atoms with Gasteiger partial charge in [-0.05, 0) is 32.6 Å². The smallest absolute Gasteiger partial charge is 0.136 e. The minimum absolute atomic E-state index is 0.103. The van der Waals surface area contributed by atoms with Crippen molar-refractivity contribution in [3.63, 3.8) is 0 Å². The van der Waals surface area contributed by atoms with E-state index in [1.54, 1.807) is 0 Å². The van der Waals surface area contributed by atoms with Crippen LogP contribution in [0.5, 0.6) is 0 Å². The fourth-order valence-corrected chi connectivity index (χ4v) is 2.27. The summed E-state index contributed by atoms with van der Waals surface area (Å²) in [5.41, 5.74) is 0. The van der Waals surface area contributed by atoms with Gasteiger partial charge < -0.3 is 9.47 Å². The minimum atomic E-state index is 0.103. The molecule has 0 aromatic heterocycles. The lowest BCUT2D eigenvalue weighted by molar-refractivity contribution is -0.120. The summed E-state index contributed by atoms with van der Waals surface area (Å²) in [7, 11) is 0. The SMILES string of the molecule is CCCCOCCO[C@H](C)C=CCC1CCCC1=O. The first-order valence-corrected chi connectivity index (χ1v) is 7.62. The lowest BCUT2D eigenvalue weighted by Crippen LogP contribution is -2.11. The van der Waals surface area contributed by atoms with Gasteiger partial charge in [-0.3, -0.25) is 4.79 Å². The van der Waals surface area contributed by atoms with Crippen LogP contribution in [0.2, 0.25) is 0 Å². The van der Waals surface area contributed by atoms with E-state index in [0.717, 1.165) is 38.7 Å². The van der Waals surface area contributed by atoms with Crippen LogP contribution in [-0.4, -0.2) is 31.7 Å². The lowest BCUT2D eigenvalue weighted by atomic mass is 10.0. The van der Waals surface area contributed by atoms with E-state index >= 15 is 0 Å². The van der Waals surface area contributed by atoms with Gasteiger partial charge >= 0.3 is 0 Å². The first-order valence-electron chi connectivity index (χ1n) is 7.62. The Bertz CT molecular complexity index is 273. The molecule has 0 amide bonds. The van der Waals surface area contributed by atoms with Gasteiger partial charge in [-0.1, -0.05) is 25.5 Å². The highest BCUT2D eigenvalue weighted by Gasteiger charge is 2.22. The summed E-state index contributed by atoms with van der Waals surface area (Å²) in [5, 5.41) is 0. The zero-order chi connectivity index (χ0) is 13.9. The number of hydrogen-bond acceptors (Lipinski definition) is 3. The number of ketones is 1. The van der Waals surface area contributed by atoms with Crippen LogP contribution in [-0.2, 0) is 14.3 Å². The van der Waals surface area contributed by atoms with Crippen molar-refractivity contribution in [2.24, 2.45) is 5.92 Å². The topological polar surface area (TPSA) is 35.5 Å². The van der Waals surface area contributed by atoms with Gasteiger partial charge in [0, 0.05) is 18.9 Å². The predicted molar refractivity (Wildman–Crippen MR) is 77.2 cm³/mol. The maximum Gasteiger partial charge on any atom is 0.136 e. The third-order valence-electron chi connectivity index (χ3n) is 3.51. The third kappa shape index (κ3) is 7.48. The highest BCUT2D eigenvalue weighted by Crippen LogP contribution is 2.24. The fraction of sp³-hybridized carbons (Fsp3) is 0.812. The summed E-state index contributed by atoms with van der Waals surface area (Å²) in [6.07, 6.45) is 10.3. The van der Waals surface area contributed by atoms with Crippen LogP contribution in [0.3, 0.4) is 0 Å². The van der Waals surface area contributed by atoms with Gasteiger partial charge in [0.15, 0.2) is 0 Å². The van der Waals surface area contributed by atoms with Crippen molar-refractivity contribution in [3.05, 3.63) is 12.2 Å². The molecule has 1 aliphatic carbocycles. The summed E-state index contributed by atoms with van der Waals surface area (Å²) >= 11 is 0. The number of hydrogen-bond donors (Lipinski definition) is 0. The molecule has 19 heavy (non-hydrogen) atoms. The molecule has 0 aromatic carbocycles. The van der Waals surface area contributed by atoms with E-state index < -0.39 is 0 Å². The number of carbonyl (C=O) groups is 1. The largest absolute Gasteiger partial charge is 0.379 e. The molecule has 2 atom stereocenters. The van der Waals surface area contributed by atoms with E-state index in [1.807, 2.05) is 6.92 Å². The average molecular weight is 268 g/mol. The fourth-order valence-electron chi connectivity index (χ4n) is 2.27. The maximum absolute atomic E-state index is 11.5. The molecule has 1 rings (SSSR count). The Hall–Kier alpha value is -0.670. The van der Waals surface area contributed by atoms with Crippen molar-refractivity contribution in [2.75, 3.05) is 19.8 Å². The van der Waals surface area contributed by atoms with Crippen LogP contribution in [0.1, 0.15) is 52.4 Å². The summed E-state index contributed by atoms with van der Waals surface area (Å²) in [4.78, 5) is 11.5. The van der Waals surface area contributed by atoms with E-state index in [-0.39, 0.29) is 12.0 Å². The van der Waals surface area contributed by atoms with Crippen molar-refractivity contribution in [2.45, 2.75) is 58.5 Å². The molecule has 1 fully saturated rings. The van der Waals surface area contributed by atoms with Crippen LogP contribution >= 0.6 is 0 Å². The zero-order valence-corrected chi connectivity index (χ0v) is 12.4. The number of allylic oxidation sites excluding steroid dienone is 1. The standard InChI is InChI=1S/C16H28O3/c1-3-4-11-18-12-13-19-14(2)7-5-8-15-9-6-10-16(15)17/h5,7,14-15H,3-4,6,8-13H2,1-2H3/t14-,15?/m1/s1. The Morgan fingerprint density at radius 2 is 2.21 bits per heavy atom. The minimum Gasteiger partial charge on any atom is -0.379 e. The summed E-state index contributed by atoms with van der Waals surface area (Å²) in [5.74, 6) is 0.698. The first kappa shape index (κ1) is 16.4. The number of unbranched alkanes of at least 4 members (excludes halogenated alkanes) is 1. The second kappa shape index (κ2) is 10.2. The second-order valence-corrected chi connectivity index (χ2v) is 5.26. The highest BCUT2D eigenvalue weighted by atomic mass is 16.5. The van der Waals surface area contributed by atoms with Gasteiger partial charge in [-0.25, -0.2) is 0 Å². The lowest BCUT2D eigenvalue weighted by Gasteiger charge is -2.09. The predicted octanol–water partition coefficient (Wildman–Crippen LogP) is 3.52. The van der Waals surface area contributed by atoms with Crippen LogP contribution < -0.4 is 0 Å². The Morgan fingerprint density at radius 3 is 2.89 bits per heavy atom. The summed E-state index contributed by atoms with van der Waals surface area (Å²) < 4.78 is 11.0. The van der Waals surface area contributed by atoms with Crippen molar-refractivity contribution < 1.29 is 14.3 Å². The molecule has 0 bridgehead atoms. The normalized spacial score (nSPS) is 21.4. The number of rotatable bonds is 10. The van der Waals surface area contributed by atoms with Gasteiger partial charge in [0.1, 0.15) is 5.78 Å². The molecule has 110 valence electrons. The number of Topliss-reactive ketones (excluding diaryl/α,β-unsaturated/α-hetero) is 1. The van der Waals surface area contributed by atoms with Gasteiger partial charge in [0.2, 0.25) is 0 Å². The van der Waals surface area contributed by atoms with Gasteiger partial charge in [-0.15, -0.1) is 0 Å². The van der Waals surface area contributed by atoms with Gasteiger partial charge in [0.05, 0.1) is 19.3 Å². The van der Waals surface area contributed by atoms with Gasteiger partial charge in [0.25, 0.3) is 0 Å². The van der Waals surface area contributed by atoms with Crippen molar-refractivity contribution in [1.82, 2.24) is 0 Å². The van der Waals surface area contributed by atoms with E-state index in [4.69, 9.17) is 9.47 Å². The summed E-state index contributed by atoms with van der Waals surface area (Å²) in [6, 6.07) is 0. The highest BCUT2D eigenvalue weighted by molar-refractivity contribution is 5.82. The van der Waals surface area contributed by atoms with Crippen molar-refractivity contribution in [1.29, 1.82) is 0 Å². The molecule has 1 aliphatic rings. The third-order valence-corrected chi connectivity index (χ3v) is 3.51. The molecule has 0 spiro atoms. The van der Waals surface area contributed by atoms with Crippen molar-refractivity contribution in [3.8, 4) is 0 Å². The molecule has 0 aliphatic heterocycles. The van der Waals surface area contributed by atoms with E-state index in [9.17, 15) is 4.79 Å². The van der Waals surface area contributed by atoms with Gasteiger partial charge in [-0.2, -0.15) is 0 Å². The summed E-state index contributed by atoms with van der Waals surface area (Å²) in [6.45, 7) is 6.31. The molecule has 0 heterocycles. The van der Waals surface area contributed by atoms with Crippen LogP contribution in [0.4, 0.5) is 0 Å². The van der Waals surface area contributed by atoms with Crippen LogP contribution in [0.15, 0.2) is 12.2 Å². The molecule has 3 nitrogen and oxygen atoms in total. The number of ether oxygens (including phenoxy) is 2. The van der Waals surface area contributed by atoms with E-state index in [1.165, 1.54) is 6.42 Å². The molecule has 3 heteroatoms. The molecule has 1 unspecified atom stereocenters. The van der Waals surface area contributed by atoms with Crippen LogP contribution in [0.25, 0.3) is 0 Å². The van der Waals surface area contributed by atoms with Crippen molar-refractivity contribution >= 4 is 5.78 Å². The first-order chi connectivity index (χ1) is 9.24. The molecular formula is C16H28O3. The monoisotopic (exact) mass is 268 g/mol. The Labute approximate surface area is 117 Å².